The molecule has 1 N–H and O–H groups in total. The van der Waals surface area contributed by atoms with Crippen LogP contribution in [0.3, 0.4) is 0 Å². The van der Waals surface area contributed by atoms with E-state index in [2.05, 4.69) is 5.32 Å². The summed E-state index contributed by atoms with van der Waals surface area (Å²) in [6.07, 6.45) is -5.40. The van der Waals surface area contributed by atoms with E-state index in [-0.39, 0.29) is 22.7 Å². The lowest BCUT2D eigenvalue weighted by Crippen LogP contribution is -2.30. The number of hydrogen-bond donors (Lipinski definition) is 1. The molecule has 0 bridgehead atoms. The smallest absolute Gasteiger partial charge is 0.416 e. The number of benzene rings is 2. The summed E-state index contributed by atoms with van der Waals surface area (Å²) in [6, 6.07) is 7.30. The molecule has 0 saturated carbocycles. The Morgan fingerprint density at radius 2 is 1.96 bits per heavy atom. The molecule has 7 nitrogen and oxygen atoms in total. The molecule has 0 fully saturated rings. The Balaban J connectivity index is 2.12. The Hall–Kier alpha value is -3.43. The zero-order valence-corrected chi connectivity index (χ0v) is 13.8. The van der Waals surface area contributed by atoms with Crippen molar-refractivity contribution in [3.05, 3.63) is 63.7 Å². The number of alkyl halides is 3. The van der Waals surface area contributed by atoms with Crippen LogP contribution in [0.2, 0.25) is 0 Å². The maximum Gasteiger partial charge on any atom is 0.416 e. The highest BCUT2D eigenvalue weighted by atomic mass is 19.4. The standard InChI is InChI=1S/C17H13F3N2O5/c1-10(27-15-6-5-14(22(25)26)7-11(15)9-23)16(24)21-13-4-2-3-12(8-13)17(18,19)20/h2-10H,1H3,(H,21,24)/t10-/m0/s1. The van der Waals surface area contributed by atoms with Crippen LogP contribution in [0.5, 0.6) is 5.75 Å². The second kappa shape index (κ2) is 7.85. The van der Waals surface area contributed by atoms with Crippen LogP contribution in [0.25, 0.3) is 0 Å². The van der Waals surface area contributed by atoms with Crippen LogP contribution in [0.15, 0.2) is 42.5 Å². The van der Waals surface area contributed by atoms with E-state index in [1.54, 1.807) is 0 Å². The van der Waals surface area contributed by atoms with E-state index < -0.39 is 28.7 Å². The lowest BCUT2D eigenvalue weighted by Gasteiger charge is -2.16. The van der Waals surface area contributed by atoms with Crippen molar-refractivity contribution in [2.75, 3.05) is 5.32 Å². The molecule has 1 atom stereocenters. The third kappa shape index (κ3) is 5.03. The summed E-state index contributed by atoms with van der Waals surface area (Å²) >= 11 is 0. The molecule has 0 radical (unpaired) electrons. The van der Waals surface area contributed by atoms with Gasteiger partial charge in [0.1, 0.15) is 5.75 Å². The highest BCUT2D eigenvalue weighted by Gasteiger charge is 2.30. The number of ether oxygens (including phenoxy) is 1. The first-order valence-corrected chi connectivity index (χ1v) is 7.50. The van der Waals surface area contributed by atoms with Gasteiger partial charge >= 0.3 is 6.18 Å². The van der Waals surface area contributed by atoms with E-state index in [1.807, 2.05) is 0 Å². The van der Waals surface area contributed by atoms with E-state index in [4.69, 9.17) is 4.74 Å². The Labute approximate surface area is 150 Å². The van der Waals surface area contributed by atoms with Gasteiger partial charge in [-0.25, -0.2) is 0 Å². The van der Waals surface area contributed by atoms with Crippen molar-refractivity contribution in [3.8, 4) is 5.75 Å². The molecule has 142 valence electrons. The molecule has 2 rings (SSSR count). The molecular formula is C17H13F3N2O5. The molecule has 0 aromatic heterocycles. The minimum absolute atomic E-state index is 0.0673. The third-order valence-electron chi connectivity index (χ3n) is 3.46. The van der Waals surface area contributed by atoms with Gasteiger partial charge in [-0.2, -0.15) is 13.2 Å². The summed E-state index contributed by atoms with van der Waals surface area (Å²) in [5.41, 5.74) is -1.47. The van der Waals surface area contributed by atoms with E-state index in [0.717, 1.165) is 36.4 Å². The summed E-state index contributed by atoms with van der Waals surface area (Å²) < 4.78 is 43.4. The molecule has 2 aromatic rings. The van der Waals surface area contributed by atoms with Gasteiger partial charge in [-0.15, -0.1) is 0 Å². The van der Waals surface area contributed by atoms with Gasteiger partial charge in [0.05, 0.1) is 16.1 Å². The largest absolute Gasteiger partial charge is 0.480 e. The summed E-state index contributed by atoms with van der Waals surface area (Å²) in [7, 11) is 0. The number of carbonyl (C=O) groups is 2. The van der Waals surface area contributed by atoms with Crippen LogP contribution in [-0.2, 0) is 11.0 Å². The first kappa shape index (κ1) is 19.9. The molecule has 0 aliphatic rings. The molecule has 0 aliphatic carbocycles. The number of nitro benzene ring substituents is 1. The predicted octanol–water partition coefficient (Wildman–Crippen LogP) is 3.83. The first-order chi connectivity index (χ1) is 12.6. The summed E-state index contributed by atoms with van der Waals surface area (Å²) in [5.74, 6) is -0.827. The molecular weight excluding hydrogens is 369 g/mol. The van der Waals surface area contributed by atoms with Crippen molar-refractivity contribution in [1.29, 1.82) is 0 Å². The van der Waals surface area contributed by atoms with Crippen LogP contribution < -0.4 is 10.1 Å². The molecule has 0 aliphatic heterocycles. The van der Waals surface area contributed by atoms with Crippen LogP contribution in [-0.4, -0.2) is 23.2 Å². The minimum atomic E-state index is -4.56. The SMILES string of the molecule is C[C@H](Oc1ccc([N+](=O)[O-])cc1C=O)C(=O)Nc1cccc(C(F)(F)F)c1. The monoisotopic (exact) mass is 382 g/mol. The molecule has 2 aromatic carbocycles. The highest BCUT2D eigenvalue weighted by molar-refractivity contribution is 5.94. The second-order valence-corrected chi connectivity index (χ2v) is 5.42. The van der Waals surface area contributed by atoms with Crippen molar-refractivity contribution < 1.29 is 32.4 Å². The number of halogens is 3. The average Bonchev–Trinajstić information content (AvgIpc) is 2.61. The number of nitrogens with one attached hydrogen (secondary N) is 1. The Morgan fingerprint density at radius 3 is 2.56 bits per heavy atom. The lowest BCUT2D eigenvalue weighted by atomic mass is 10.2. The van der Waals surface area contributed by atoms with Crippen LogP contribution >= 0.6 is 0 Å². The number of non-ortho nitro benzene ring substituents is 1. The van der Waals surface area contributed by atoms with E-state index in [1.165, 1.54) is 13.0 Å². The van der Waals surface area contributed by atoms with Crippen molar-refractivity contribution in [1.82, 2.24) is 0 Å². The first-order valence-electron chi connectivity index (χ1n) is 7.50. The number of nitrogens with zero attached hydrogens (tertiary/aromatic N) is 1. The van der Waals surface area contributed by atoms with E-state index in [9.17, 15) is 32.9 Å². The van der Waals surface area contributed by atoms with Gasteiger partial charge < -0.3 is 10.1 Å². The third-order valence-corrected chi connectivity index (χ3v) is 3.46. The number of aldehydes is 1. The topological polar surface area (TPSA) is 98.5 Å². The van der Waals surface area contributed by atoms with Gasteiger partial charge in [0.2, 0.25) is 0 Å². The van der Waals surface area contributed by atoms with E-state index in [0.29, 0.717) is 6.29 Å². The number of anilines is 1. The number of amides is 1. The molecule has 0 saturated heterocycles. The minimum Gasteiger partial charge on any atom is -0.480 e. The molecule has 10 heteroatoms. The molecule has 27 heavy (non-hydrogen) atoms. The lowest BCUT2D eigenvalue weighted by molar-refractivity contribution is -0.384. The van der Waals surface area contributed by atoms with Gasteiger partial charge in [0.15, 0.2) is 12.4 Å². The number of carbonyl (C=O) groups excluding carboxylic acids is 2. The highest BCUT2D eigenvalue weighted by Crippen LogP contribution is 2.30. The fourth-order valence-corrected chi connectivity index (χ4v) is 2.11. The summed E-state index contributed by atoms with van der Waals surface area (Å²) in [4.78, 5) is 33.2. The number of hydrogen-bond acceptors (Lipinski definition) is 5. The van der Waals surface area contributed by atoms with Crippen molar-refractivity contribution in [2.24, 2.45) is 0 Å². The molecule has 0 spiro atoms. The predicted molar refractivity (Wildman–Crippen MR) is 88.6 cm³/mol. The van der Waals surface area contributed by atoms with Crippen LogP contribution in [0.1, 0.15) is 22.8 Å². The second-order valence-electron chi connectivity index (χ2n) is 5.42. The van der Waals surface area contributed by atoms with E-state index >= 15 is 0 Å². The van der Waals surface area contributed by atoms with Gasteiger partial charge in [-0.1, -0.05) is 6.07 Å². The number of rotatable bonds is 6. The zero-order valence-electron chi connectivity index (χ0n) is 13.8. The Kier molecular flexibility index (Phi) is 5.78. The van der Waals surface area contributed by atoms with Crippen molar-refractivity contribution in [2.45, 2.75) is 19.2 Å². The maximum absolute atomic E-state index is 12.7. The molecule has 0 heterocycles. The quantitative estimate of drug-likeness (QED) is 0.465. The van der Waals surface area contributed by atoms with Crippen molar-refractivity contribution in [3.63, 3.8) is 0 Å². The van der Waals surface area contributed by atoms with Gasteiger partial charge in [-0.3, -0.25) is 19.7 Å². The average molecular weight is 382 g/mol. The summed E-state index contributed by atoms with van der Waals surface area (Å²) in [6.45, 7) is 1.32. The van der Waals surface area contributed by atoms with Crippen LogP contribution in [0.4, 0.5) is 24.5 Å². The van der Waals surface area contributed by atoms with Crippen LogP contribution in [0, 0.1) is 10.1 Å². The summed E-state index contributed by atoms with van der Waals surface area (Å²) in [5, 5.41) is 13.0. The normalized spacial score (nSPS) is 12.1. The fraction of sp³-hybridized carbons (Fsp3) is 0.176. The fourth-order valence-electron chi connectivity index (χ4n) is 2.11. The Morgan fingerprint density at radius 1 is 1.26 bits per heavy atom. The van der Waals surface area contributed by atoms with Gasteiger partial charge in [0, 0.05) is 17.8 Å². The van der Waals surface area contributed by atoms with Gasteiger partial charge in [0.25, 0.3) is 11.6 Å². The Bertz CT molecular complexity index is 883. The molecule has 0 unspecified atom stereocenters. The molecule has 1 amide bonds. The maximum atomic E-state index is 12.7. The van der Waals surface area contributed by atoms with Crippen molar-refractivity contribution >= 4 is 23.6 Å². The number of nitro groups is 1. The van der Waals surface area contributed by atoms with Gasteiger partial charge in [-0.05, 0) is 31.2 Å². The zero-order chi connectivity index (χ0) is 20.2.